The van der Waals surface area contributed by atoms with E-state index in [-0.39, 0.29) is 0 Å². The fraction of sp³-hybridized carbons (Fsp3) is 0.125. The summed E-state index contributed by atoms with van der Waals surface area (Å²) in [7, 11) is 0. The van der Waals surface area contributed by atoms with Gasteiger partial charge in [-0.05, 0) is 28.8 Å². The zero-order valence-corrected chi connectivity index (χ0v) is 10.9. The van der Waals surface area contributed by atoms with Crippen LogP contribution in [0, 0.1) is 0 Å². The minimum absolute atomic E-state index is 0.433. The van der Waals surface area contributed by atoms with Gasteiger partial charge in [-0.25, -0.2) is 0 Å². The van der Waals surface area contributed by atoms with Gasteiger partial charge < -0.3 is 4.74 Å². The highest BCUT2D eigenvalue weighted by Gasteiger charge is 1.99. The number of hydrogen-bond acceptors (Lipinski definition) is 1. The molecule has 0 aromatic heterocycles. The van der Waals surface area contributed by atoms with Crippen LogP contribution in [0.3, 0.4) is 0 Å². The Kier molecular flexibility index (Phi) is 4.43. The van der Waals surface area contributed by atoms with E-state index in [9.17, 15) is 0 Å². The summed E-state index contributed by atoms with van der Waals surface area (Å²) in [5.74, 6) is 1.27. The number of rotatable bonds is 5. The van der Waals surface area contributed by atoms with Crippen molar-refractivity contribution in [1.29, 1.82) is 0 Å². The first-order valence-electron chi connectivity index (χ1n) is 5.80. The van der Waals surface area contributed by atoms with Gasteiger partial charge in [-0.3, -0.25) is 0 Å². The van der Waals surface area contributed by atoms with Gasteiger partial charge in [-0.15, -0.1) is 11.6 Å². The first-order valence-corrected chi connectivity index (χ1v) is 6.34. The number of benzene rings is 2. The first kappa shape index (κ1) is 12.7. The van der Waals surface area contributed by atoms with Crippen molar-refractivity contribution in [2.75, 3.05) is 12.5 Å². The average Bonchev–Trinajstić information content (AvgIpc) is 2.46. The van der Waals surface area contributed by atoms with Crippen molar-refractivity contribution >= 4 is 11.6 Å². The normalized spacial score (nSPS) is 10.1. The van der Waals surface area contributed by atoms with E-state index >= 15 is 0 Å². The quantitative estimate of drug-likeness (QED) is 0.566. The maximum Gasteiger partial charge on any atom is 0.119 e. The molecule has 0 radical (unpaired) electrons. The van der Waals surface area contributed by atoms with E-state index in [0.717, 1.165) is 11.3 Å². The lowest BCUT2D eigenvalue weighted by Gasteiger charge is -2.07. The molecule has 0 N–H and O–H groups in total. The van der Waals surface area contributed by atoms with Crippen LogP contribution in [0.25, 0.3) is 11.1 Å². The zero-order valence-electron chi connectivity index (χ0n) is 10.1. The Hall–Kier alpha value is -1.73. The summed E-state index contributed by atoms with van der Waals surface area (Å²) >= 11 is 5.64. The van der Waals surface area contributed by atoms with Crippen LogP contribution < -0.4 is 4.74 Å². The number of hydrogen-bond donors (Lipinski definition) is 0. The summed E-state index contributed by atoms with van der Waals surface area (Å²) in [4.78, 5) is 0. The molecule has 0 fully saturated rings. The second kappa shape index (κ2) is 6.27. The van der Waals surface area contributed by atoms with E-state index in [1.54, 1.807) is 0 Å². The van der Waals surface area contributed by atoms with Crippen LogP contribution in [0.5, 0.6) is 5.75 Å². The molecule has 0 aliphatic heterocycles. The molecule has 92 valence electrons. The fourth-order valence-electron chi connectivity index (χ4n) is 1.60. The molecule has 0 unspecified atom stereocenters. The van der Waals surface area contributed by atoms with Crippen LogP contribution >= 0.6 is 11.6 Å². The molecule has 2 aromatic rings. The first-order chi connectivity index (χ1) is 8.79. The van der Waals surface area contributed by atoms with Gasteiger partial charge in [0.05, 0.1) is 0 Å². The lowest BCUT2D eigenvalue weighted by atomic mass is 10.1. The number of halogens is 1. The Morgan fingerprint density at radius 1 is 0.944 bits per heavy atom. The Balaban J connectivity index is 2.04. The molecule has 0 amide bonds. The molecule has 1 nitrogen and oxygen atoms in total. The van der Waals surface area contributed by atoms with Crippen LogP contribution in [0.15, 0.2) is 66.7 Å². The molecule has 0 heterocycles. The maximum absolute atomic E-state index is 5.64. The Morgan fingerprint density at radius 3 is 2.17 bits per heavy atom. The molecule has 0 aliphatic carbocycles. The highest BCUT2D eigenvalue weighted by atomic mass is 35.5. The van der Waals surface area contributed by atoms with Crippen LogP contribution in [0.4, 0.5) is 0 Å². The number of ether oxygens (including phenoxy) is 1. The lowest BCUT2D eigenvalue weighted by molar-refractivity contribution is 0.353. The second-order valence-corrected chi connectivity index (χ2v) is 4.33. The Bertz CT molecular complexity index is 502. The van der Waals surface area contributed by atoms with Gasteiger partial charge in [-0.2, -0.15) is 0 Å². The van der Waals surface area contributed by atoms with Gasteiger partial charge >= 0.3 is 0 Å². The molecule has 2 aromatic carbocycles. The molecule has 0 aliphatic rings. The van der Waals surface area contributed by atoms with Crippen LogP contribution in [-0.2, 0) is 0 Å². The fourth-order valence-corrected chi connectivity index (χ4v) is 1.68. The molecule has 0 spiro atoms. The zero-order chi connectivity index (χ0) is 12.8. The van der Waals surface area contributed by atoms with Crippen molar-refractivity contribution in [1.82, 2.24) is 0 Å². The summed E-state index contributed by atoms with van der Waals surface area (Å²) in [6, 6.07) is 18.3. The molecule has 0 atom stereocenters. The van der Waals surface area contributed by atoms with E-state index in [0.29, 0.717) is 12.5 Å². The van der Waals surface area contributed by atoms with E-state index in [1.807, 2.05) is 42.5 Å². The second-order valence-electron chi connectivity index (χ2n) is 4.06. The summed E-state index contributed by atoms with van der Waals surface area (Å²) in [5.41, 5.74) is 3.26. The molecule has 0 bridgehead atoms. The van der Waals surface area contributed by atoms with E-state index < -0.39 is 0 Å². The van der Waals surface area contributed by atoms with Crippen molar-refractivity contribution in [2.24, 2.45) is 0 Å². The van der Waals surface area contributed by atoms with Crippen molar-refractivity contribution in [3.8, 4) is 16.9 Å². The lowest BCUT2D eigenvalue weighted by Crippen LogP contribution is -2.00. The molecule has 0 saturated carbocycles. The van der Waals surface area contributed by atoms with Gasteiger partial charge in [0.15, 0.2) is 0 Å². The summed E-state index contributed by atoms with van der Waals surface area (Å²) in [5, 5.41) is 0. The molecule has 2 heteroatoms. The van der Waals surface area contributed by atoms with E-state index in [4.69, 9.17) is 16.3 Å². The van der Waals surface area contributed by atoms with Crippen LogP contribution in [-0.4, -0.2) is 12.5 Å². The predicted octanol–water partition coefficient (Wildman–Crippen LogP) is 4.53. The summed E-state index contributed by atoms with van der Waals surface area (Å²) in [6.45, 7) is 4.26. The third-order valence-corrected chi connectivity index (χ3v) is 2.97. The highest BCUT2D eigenvalue weighted by molar-refractivity contribution is 6.19. The Labute approximate surface area is 113 Å². The van der Waals surface area contributed by atoms with Gasteiger partial charge in [-0.1, -0.05) is 49.0 Å². The van der Waals surface area contributed by atoms with Crippen molar-refractivity contribution in [3.05, 3.63) is 66.7 Å². The van der Waals surface area contributed by atoms with E-state index in [1.165, 1.54) is 11.1 Å². The van der Waals surface area contributed by atoms with Crippen LogP contribution in [0.1, 0.15) is 0 Å². The smallest absolute Gasteiger partial charge is 0.119 e. The number of alkyl halides is 1. The predicted molar refractivity (Wildman–Crippen MR) is 77.2 cm³/mol. The third kappa shape index (κ3) is 3.38. The molecular weight excluding hydrogens is 244 g/mol. The van der Waals surface area contributed by atoms with Gasteiger partial charge in [0, 0.05) is 5.88 Å². The average molecular weight is 259 g/mol. The summed E-state index contributed by atoms with van der Waals surface area (Å²) < 4.78 is 5.57. The van der Waals surface area contributed by atoms with Crippen molar-refractivity contribution in [2.45, 2.75) is 0 Å². The minimum atomic E-state index is 0.433. The SMILES string of the molecule is C=C(CCl)COc1ccc(-c2ccccc2)cc1. The molecule has 2 rings (SSSR count). The summed E-state index contributed by atoms with van der Waals surface area (Å²) in [6.07, 6.45) is 0. The maximum atomic E-state index is 5.64. The van der Waals surface area contributed by atoms with Crippen molar-refractivity contribution in [3.63, 3.8) is 0 Å². The van der Waals surface area contributed by atoms with Gasteiger partial charge in [0.1, 0.15) is 12.4 Å². The molecule has 0 saturated heterocycles. The van der Waals surface area contributed by atoms with Gasteiger partial charge in [0.25, 0.3) is 0 Å². The van der Waals surface area contributed by atoms with Gasteiger partial charge in [0.2, 0.25) is 0 Å². The third-order valence-electron chi connectivity index (χ3n) is 2.59. The molecular formula is C16H15ClO. The molecule has 18 heavy (non-hydrogen) atoms. The van der Waals surface area contributed by atoms with E-state index in [2.05, 4.69) is 18.7 Å². The highest BCUT2D eigenvalue weighted by Crippen LogP contribution is 2.22. The Morgan fingerprint density at radius 2 is 1.56 bits per heavy atom. The monoisotopic (exact) mass is 258 g/mol. The largest absolute Gasteiger partial charge is 0.489 e. The minimum Gasteiger partial charge on any atom is -0.489 e. The topological polar surface area (TPSA) is 9.23 Å². The van der Waals surface area contributed by atoms with Crippen LogP contribution in [0.2, 0.25) is 0 Å². The van der Waals surface area contributed by atoms with Crippen molar-refractivity contribution < 1.29 is 4.74 Å². The standard InChI is InChI=1S/C16H15ClO/c1-13(11-17)12-18-16-9-7-15(8-10-16)14-5-3-2-4-6-14/h2-10H,1,11-12H2.